The first-order valence-electron chi connectivity index (χ1n) is 10.8. The number of fused-ring (bicyclic) bond motifs is 2. The van der Waals surface area contributed by atoms with E-state index in [1.807, 2.05) is 6.07 Å². The Hall–Kier alpha value is -1.66. The fourth-order valence-electron chi connectivity index (χ4n) is 4.76. The van der Waals surface area contributed by atoms with Gasteiger partial charge < -0.3 is 9.84 Å². The summed E-state index contributed by atoms with van der Waals surface area (Å²) in [6.45, 7) is 0. The van der Waals surface area contributed by atoms with Crippen LogP contribution in [0, 0.1) is 11.8 Å². The number of sulfone groups is 1. The molecule has 29 heavy (non-hydrogen) atoms. The predicted molar refractivity (Wildman–Crippen MR) is 112 cm³/mol. The van der Waals surface area contributed by atoms with E-state index in [-0.39, 0.29) is 12.2 Å². The van der Waals surface area contributed by atoms with Gasteiger partial charge in [0.2, 0.25) is 0 Å². The molecule has 2 aliphatic rings. The van der Waals surface area contributed by atoms with Crippen LogP contribution in [0.2, 0.25) is 0 Å². The van der Waals surface area contributed by atoms with Crippen molar-refractivity contribution >= 4 is 15.8 Å². The molecule has 0 spiro atoms. The summed E-state index contributed by atoms with van der Waals surface area (Å²) in [5.41, 5.74) is 0. The van der Waals surface area contributed by atoms with Crippen molar-refractivity contribution in [3.63, 3.8) is 0 Å². The van der Waals surface area contributed by atoms with Gasteiger partial charge in [-0.2, -0.15) is 0 Å². The minimum Gasteiger partial charge on any atom is -0.481 e. The van der Waals surface area contributed by atoms with Crippen molar-refractivity contribution in [1.82, 2.24) is 0 Å². The number of benzene rings is 1. The Morgan fingerprint density at radius 1 is 1.03 bits per heavy atom. The summed E-state index contributed by atoms with van der Waals surface area (Å²) in [6.07, 6.45) is 12.5. The van der Waals surface area contributed by atoms with Crippen molar-refractivity contribution in [3.05, 3.63) is 42.5 Å². The van der Waals surface area contributed by atoms with Gasteiger partial charge in [0.25, 0.3) is 0 Å². The summed E-state index contributed by atoms with van der Waals surface area (Å²) in [5, 5.41) is 8.69. The van der Waals surface area contributed by atoms with Gasteiger partial charge in [0.1, 0.15) is 0 Å². The van der Waals surface area contributed by atoms with E-state index in [0.29, 0.717) is 41.8 Å². The van der Waals surface area contributed by atoms with Gasteiger partial charge in [-0.15, -0.1) is 0 Å². The zero-order valence-corrected chi connectivity index (χ0v) is 17.7. The van der Waals surface area contributed by atoms with E-state index in [0.717, 1.165) is 38.5 Å². The van der Waals surface area contributed by atoms with Crippen LogP contribution in [0.15, 0.2) is 47.4 Å². The average Bonchev–Trinajstić information content (AvgIpc) is 3.30. The number of rotatable bonds is 12. The lowest BCUT2D eigenvalue weighted by molar-refractivity contribution is -0.137. The van der Waals surface area contributed by atoms with Crippen LogP contribution in [0.4, 0.5) is 0 Å². The maximum Gasteiger partial charge on any atom is 0.303 e. The molecular formula is C23H32O5S. The monoisotopic (exact) mass is 420 g/mol. The molecule has 2 bridgehead atoms. The Kier molecular flexibility index (Phi) is 7.90. The van der Waals surface area contributed by atoms with Crippen LogP contribution in [-0.2, 0) is 19.4 Å². The zero-order chi connectivity index (χ0) is 20.7. The second kappa shape index (κ2) is 10.4. The molecule has 2 fully saturated rings. The van der Waals surface area contributed by atoms with Crippen molar-refractivity contribution in [2.24, 2.45) is 11.8 Å². The molecule has 6 heteroatoms. The lowest BCUT2D eigenvalue weighted by Crippen LogP contribution is -2.27. The molecule has 4 atom stereocenters. The number of allylic oxidation sites excluding steroid dienone is 2. The van der Waals surface area contributed by atoms with Gasteiger partial charge in [-0.25, -0.2) is 8.42 Å². The van der Waals surface area contributed by atoms with Crippen molar-refractivity contribution < 1.29 is 23.1 Å². The second-order valence-corrected chi connectivity index (χ2v) is 10.3. The summed E-state index contributed by atoms with van der Waals surface area (Å²) in [4.78, 5) is 11.0. The number of carbonyl (C=O) groups is 1. The van der Waals surface area contributed by atoms with E-state index >= 15 is 0 Å². The third kappa shape index (κ3) is 6.16. The van der Waals surface area contributed by atoms with Gasteiger partial charge in [0, 0.05) is 6.42 Å². The molecule has 160 valence electrons. The molecule has 0 aromatic heterocycles. The van der Waals surface area contributed by atoms with Crippen molar-refractivity contribution in [3.8, 4) is 0 Å². The SMILES string of the molecule is O=C(O)CCC/C=C\C[C@@H]1[C@@H](CCCCS(=O)(=O)c2ccccc2)[C@@H]2CC[C@H]1O2. The van der Waals surface area contributed by atoms with Crippen LogP contribution in [0.25, 0.3) is 0 Å². The Bertz CT molecular complexity index is 787. The standard InChI is InChI=1S/C23H32O5S/c24-23(25)14-7-2-1-6-12-19-20(22-16-15-21(19)28-22)13-8-9-17-29(26,27)18-10-4-3-5-11-18/h1,3-6,10-11,19-22H,2,7-9,12-17H2,(H,24,25)/b6-1-/t19-,20-,21-,22+/m1/s1. The molecule has 0 saturated carbocycles. The molecule has 3 rings (SSSR count). The molecule has 2 aliphatic heterocycles. The Morgan fingerprint density at radius 3 is 2.48 bits per heavy atom. The number of hydrogen-bond donors (Lipinski definition) is 1. The first kappa shape index (κ1) is 22.0. The summed E-state index contributed by atoms with van der Waals surface area (Å²) in [5.74, 6) is 0.480. The van der Waals surface area contributed by atoms with Gasteiger partial charge in [0.15, 0.2) is 9.84 Å². The molecule has 2 saturated heterocycles. The summed E-state index contributed by atoms with van der Waals surface area (Å²) in [6, 6.07) is 8.68. The number of hydrogen-bond acceptors (Lipinski definition) is 4. The number of carboxylic acids is 1. The molecule has 1 aromatic carbocycles. The second-order valence-electron chi connectivity index (χ2n) is 8.24. The summed E-state index contributed by atoms with van der Waals surface area (Å²) in [7, 11) is -3.19. The van der Waals surface area contributed by atoms with Crippen LogP contribution >= 0.6 is 0 Å². The first-order chi connectivity index (χ1) is 14.0. The lowest BCUT2D eigenvalue weighted by Gasteiger charge is -2.27. The molecule has 2 heterocycles. The molecule has 0 amide bonds. The number of aliphatic carboxylic acids is 1. The quantitative estimate of drug-likeness (QED) is 0.394. The van der Waals surface area contributed by atoms with E-state index in [4.69, 9.17) is 9.84 Å². The average molecular weight is 421 g/mol. The van der Waals surface area contributed by atoms with Gasteiger partial charge in [0.05, 0.1) is 22.9 Å². The number of carboxylic acid groups (broad SMARTS) is 1. The van der Waals surface area contributed by atoms with E-state index < -0.39 is 15.8 Å². The van der Waals surface area contributed by atoms with E-state index in [9.17, 15) is 13.2 Å². The van der Waals surface area contributed by atoms with Crippen LogP contribution in [-0.4, -0.2) is 37.5 Å². The smallest absolute Gasteiger partial charge is 0.303 e. The highest BCUT2D eigenvalue weighted by Crippen LogP contribution is 2.47. The molecule has 1 aromatic rings. The van der Waals surface area contributed by atoms with Gasteiger partial charge in [-0.1, -0.05) is 36.8 Å². The van der Waals surface area contributed by atoms with Gasteiger partial charge >= 0.3 is 5.97 Å². The Labute approximate surface area is 174 Å². The summed E-state index contributed by atoms with van der Waals surface area (Å²) < 4.78 is 31.0. The van der Waals surface area contributed by atoms with Crippen molar-refractivity contribution in [2.45, 2.75) is 74.9 Å². The largest absolute Gasteiger partial charge is 0.481 e. The highest BCUT2D eigenvalue weighted by molar-refractivity contribution is 7.91. The number of unbranched alkanes of at least 4 members (excludes halogenated alkanes) is 2. The molecule has 0 aliphatic carbocycles. The fraction of sp³-hybridized carbons (Fsp3) is 0.609. The Morgan fingerprint density at radius 2 is 1.76 bits per heavy atom. The fourth-order valence-corrected chi connectivity index (χ4v) is 6.15. The predicted octanol–water partition coefficient (Wildman–Crippen LogP) is 4.63. The lowest BCUT2D eigenvalue weighted by atomic mass is 9.75. The topological polar surface area (TPSA) is 80.7 Å². The third-order valence-corrected chi connectivity index (χ3v) is 8.05. The van der Waals surface area contributed by atoms with Crippen molar-refractivity contribution in [1.29, 1.82) is 0 Å². The van der Waals surface area contributed by atoms with Crippen LogP contribution in [0.3, 0.4) is 0 Å². The molecule has 0 radical (unpaired) electrons. The summed E-state index contributed by atoms with van der Waals surface area (Å²) >= 11 is 0. The molecule has 0 unspecified atom stereocenters. The van der Waals surface area contributed by atoms with Crippen LogP contribution in [0.1, 0.15) is 57.8 Å². The minimum atomic E-state index is -3.19. The Balaban J connectivity index is 1.43. The van der Waals surface area contributed by atoms with E-state index in [1.54, 1.807) is 24.3 Å². The third-order valence-electron chi connectivity index (χ3n) is 6.23. The van der Waals surface area contributed by atoms with Crippen LogP contribution < -0.4 is 0 Å². The molecule has 1 N–H and O–H groups in total. The molecule has 5 nitrogen and oxygen atoms in total. The van der Waals surface area contributed by atoms with E-state index in [2.05, 4.69) is 12.2 Å². The van der Waals surface area contributed by atoms with Crippen molar-refractivity contribution in [2.75, 3.05) is 5.75 Å². The number of ether oxygens (including phenoxy) is 1. The zero-order valence-electron chi connectivity index (χ0n) is 16.9. The maximum absolute atomic E-state index is 12.4. The highest BCUT2D eigenvalue weighted by atomic mass is 32.2. The van der Waals surface area contributed by atoms with Gasteiger partial charge in [-0.05, 0) is 68.9 Å². The minimum absolute atomic E-state index is 0.201. The maximum atomic E-state index is 12.4. The normalized spacial score (nSPS) is 26.3. The first-order valence-corrected chi connectivity index (χ1v) is 12.4. The highest BCUT2D eigenvalue weighted by Gasteiger charge is 2.47. The van der Waals surface area contributed by atoms with Crippen LogP contribution in [0.5, 0.6) is 0 Å². The van der Waals surface area contributed by atoms with Gasteiger partial charge in [-0.3, -0.25) is 4.79 Å². The van der Waals surface area contributed by atoms with E-state index in [1.165, 1.54) is 0 Å². The molecular weight excluding hydrogens is 388 g/mol.